The summed E-state index contributed by atoms with van der Waals surface area (Å²) in [5.41, 5.74) is 9.92. The SMILES string of the molecule is CN(Cc1ccccc1)C1CCc2c(ccc(OCc3ccccc3)c2NC(N)=O)C1O. The fraction of sp³-hybridized carbons (Fsp3) is 0.269. The Morgan fingerprint density at radius 2 is 1.72 bits per heavy atom. The monoisotopic (exact) mass is 431 g/mol. The van der Waals surface area contributed by atoms with Crippen LogP contribution in [0.5, 0.6) is 5.75 Å². The van der Waals surface area contributed by atoms with Gasteiger partial charge in [-0.15, -0.1) is 0 Å². The van der Waals surface area contributed by atoms with Crippen LogP contribution in [0.15, 0.2) is 72.8 Å². The van der Waals surface area contributed by atoms with Crippen molar-refractivity contribution in [3.63, 3.8) is 0 Å². The van der Waals surface area contributed by atoms with Crippen LogP contribution in [0.4, 0.5) is 10.5 Å². The number of nitrogens with two attached hydrogens (primary N) is 1. The zero-order valence-corrected chi connectivity index (χ0v) is 18.2. The Morgan fingerprint density at radius 1 is 1.06 bits per heavy atom. The summed E-state index contributed by atoms with van der Waals surface area (Å²) in [4.78, 5) is 13.9. The molecule has 0 saturated heterocycles. The third kappa shape index (κ3) is 4.93. The second-order valence-corrected chi connectivity index (χ2v) is 8.22. The molecule has 0 heterocycles. The third-order valence-electron chi connectivity index (χ3n) is 6.01. The van der Waals surface area contributed by atoms with Gasteiger partial charge in [-0.25, -0.2) is 4.79 Å². The first-order valence-corrected chi connectivity index (χ1v) is 10.8. The molecule has 32 heavy (non-hydrogen) atoms. The fourth-order valence-electron chi connectivity index (χ4n) is 4.41. The molecule has 4 rings (SSSR count). The first kappa shape index (κ1) is 21.9. The summed E-state index contributed by atoms with van der Waals surface area (Å²) in [5, 5.41) is 13.9. The number of nitrogens with one attached hydrogen (secondary N) is 1. The summed E-state index contributed by atoms with van der Waals surface area (Å²) in [6, 6.07) is 23.1. The number of fused-ring (bicyclic) bond motifs is 1. The molecule has 2 atom stereocenters. The number of aliphatic hydroxyl groups is 1. The van der Waals surface area contributed by atoms with Gasteiger partial charge in [0.05, 0.1) is 11.8 Å². The number of hydrogen-bond donors (Lipinski definition) is 3. The summed E-state index contributed by atoms with van der Waals surface area (Å²) in [6.07, 6.45) is 0.783. The van der Waals surface area contributed by atoms with Crippen molar-refractivity contribution in [1.29, 1.82) is 0 Å². The van der Waals surface area contributed by atoms with Crippen LogP contribution < -0.4 is 15.8 Å². The van der Waals surface area contributed by atoms with Crippen LogP contribution in [0.3, 0.4) is 0 Å². The van der Waals surface area contributed by atoms with Crippen molar-refractivity contribution in [3.05, 3.63) is 95.1 Å². The maximum absolute atomic E-state index is 11.7. The topological polar surface area (TPSA) is 87.8 Å². The van der Waals surface area contributed by atoms with Crippen molar-refractivity contribution in [2.75, 3.05) is 12.4 Å². The van der Waals surface area contributed by atoms with Crippen molar-refractivity contribution in [2.45, 2.75) is 38.1 Å². The molecule has 6 nitrogen and oxygen atoms in total. The third-order valence-corrected chi connectivity index (χ3v) is 6.01. The number of likely N-dealkylation sites (N-methyl/N-ethyl adjacent to an activating group) is 1. The number of carbonyl (C=O) groups excluding carboxylic acids is 1. The Labute approximate surface area is 188 Å². The number of ether oxygens (including phenoxy) is 1. The molecule has 0 fully saturated rings. The van der Waals surface area contributed by atoms with E-state index in [0.29, 0.717) is 24.5 Å². The van der Waals surface area contributed by atoms with E-state index >= 15 is 0 Å². The van der Waals surface area contributed by atoms with Gasteiger partial charge in [0.25, 0.3) is 0 Å². The molecule has 3 aromatic carbocycles. The number of amides is 2. The maximum atomic E-state index is 11.7. The van der Waals surface area contributed by atoms with Crippen molar-refractivity contribution >= 4 is 11.7 Å². The van der Waals surface area contributed by atoms with Crippen LogP contribution in [0, 0.1) is 0 Å². The van der Waals surface area contributed by atoms with Crippen LogP contribution in [0.1, 0.15) is 34.8 Å². The standard InChI is InChI=1S/C26H29N3O3/c1-29(16-18-8-4-2-5-9-18)22-14-12-20-21(25(22)30)13-15-23(24(20)28-26(27)31)32-17-19-10-6-3-7-11-19/h2-11,13,15,22,25,30H,12,14,16-17H2,1H3,(H3,27,28,31). The van der Waals surface area contributed by atoms with E-state index in [4.69, 9.17) is 10.5 Å². The highest BCUT2D eigenvalue weighted by Gasteiger charge is 2.33. The lowest BCUT2D eigenvalue weighted by atomic mass is 9.83. The highest BCUT2D eigenvalue weighted by Crippen LogP contribution is 2.41. The van der Waals surface area contributed by atoms with E-state index in [1.54, 1.807) is 6.07 Å². The number of hydrogen-bond acceptors (Lipinski definition) is 4. The molecule has 0 saturated carbocycles. The Hall–Kier alpha value is -3.35. The summed E-state index contributed by atoms with van der Waals surface area (Å²) in [7, 11) is 2.03. The van der Waals surface area contributed by atoms with Crippen LogP contribution in [-0.4, -0.2) is 29.1 Å². The lowest BCUT2D eigenvalue weighted by molar-refractivity contribution is 0.0462. The number of anilines is 1. The van der Waals surface area contributed by atoms with Gasteiger partial charge in [-0.2, -0.15) is 0 Å². The van der Waals surface area contributed by atoms with Gasteiger partial charge in [0.2, 0.25) is 0 Å². The Kier molecular flexibility index (Phi) is 6.73. The lowest BCUT2D eigenvalue weighted by Crippen LogP contribution is -2.39. The second kappa shape index (κ2) is 9.85. The van der Waals surface area contributed by atoms with Crippen LogP contribution in [-0.2, 0) is 19.6 Å². The van der Waals surface area contributed by atoms with Crippen LogP contribution in [0.25, 0.3) is 0 Å². The number of aliphatic hydroxyl groups excluding tert-OH is 1. The van der Waals surface area contributed by atoms with Crippen molar-refractivity contribution in [1.82, 2.24) is 4.90 Å². The quantitative estimate of drug-likeness (QED) is 0.522. The van der Waals surface area contributed by atoms with Gasteiger partial charge in [0, 0.05) is 12.6 Å². The van der Waals surface area contributed by atoms with Crippen LogP contribution in [0.2, 0.25) is 0 Å². The predicted octanol–water partition coefficient (Wildman–Crippen LogP) is 4.24. The zero-order valence-electron chi connectivity index (χ0n) is 18.2. The highest BCUT2D eigenvalue weighted by molar-refractivity contribution is 5.91. The largest absolute Gasteiger partial charge is 0.487 e. The van der Waals surface area contributed by atoms with E-state index in [1.165, 1.54) is 5.56 Å². The first-order valence-electron chi connectivity index (χ1n) is 10.8. The van der Waals surface area contributed by atoms with Gasteiger partial charge in [-0.05, 0) is 48.2 Å². The molecule has 3 aromatic rings. The zero-order chi connectivity index (χ0) is 22.5. The molecule has 0 bridgehead atoms. The molecule has 166 valence electrons. The second-order valence-electron chi connectivity index (χ2n) is 8.22. The fourth-order valence-corrected chi connectivity index (χ4v) is 4.41. The normalized spacial score (nSPS) is 17.6. The molecule has 0 aromatic heterocycles. The number of urea groups is 1. The van der Waals surface area contributed by atoms with E-state index < -0.39 is 12.1 Å². The van der Waals surface area contributed by atoms with Crippen molar-refractivity contribution in [3.8, 4) is 5.75 Å². The number of nitrogens with zero attached hydrogens (tertiary/aromatic N) is 1. The molecule has 0 aliphatic heterocycles. The van der Waals surface area contributed by atoms with Crippen molar-refractivity contribution < 1.29 is 14.6 Å². The Balaban J connectivity index is 1.56. The Morgan fingerprint density at radius 3 is 2.38 bits per heavy atom. The number of benzene rings is 3. The first-order chi connectivity index (χ1) is 15.5. The molecule has 2 unspecified atom stereocenters. The van der Waals surface area contributed by atoms with Gasteiger partial charge in [0.1, 0.15) is 12.4 Å². The average Bonchev–Trinajstić information content (AvgIpc) is 2.80. The molecule has 1 aliphatic rings. The van der Waals surface area contributed by atoms with Crippen molar-refractivity contribution in [2.24, 2.45) is 5.73 Å². The lowest BCUT2D eigenvalue weighted by Gasteiger charge is -2.37. The smallest absolute Gasteiger partial charge is 0.316 e. The van der Waals surface area contributed by atoms with Crippen LogP contribution >= 0.6 is 0 Å². The minimum atomic E-state index is -0.677. The number of rotatable bonds is 7. The van der Waals surface area contributed by atoms with Gasteiger partial charge in [0.15, 0.2) is 0 Å². The molecule has 0 spiro atoms. The molecular weight excluding hydrogens is 402 g/mol. The number of primary amides is 1. The van der Waals surface area contributed by atoms with E-state index in [2.05, 4.69) is 22.3 Å². The summed E-state index contributed by atoms with van der Waals surface area (Å²) in [5.74, 6) is 0.551. The summed E-state index contributed by atoms with van der Waals surface area (Å²) in [6.45, 7) is 1.13. The van der Waals surface area contributed by atoms with E-state index in [-0.39, 0.29) is 6.04 Å². The van der Waals surface area contributed by atoms with Gasteiger partial charge in [-0.3, -0.25) is 4.90 Å². The van der Waals surface area contributed by atoms with Gasteiger partial charge in [-0.1, -0.05) is 66.7 Å². The molecular formula is C26H29N3O3. The van der Waals surface area contributed by atoms with Gasteiger partial charge < -0.3 is 20.9 Å². The minimum absolute atomic E-state index is 0.0276. The number of carbonyl (C=O) groups is 1. The van der Waals surface area contributed by atoms with Gasteiger partial charge >= 0.3 is 6.03 Å². The minimum Gasteiger partial charge on any atom is -0.487 e. The Bertz CT molecular complexity index is 1060. The molecule has 0 radical (unpaired) electrons. The molecule has 1 aliphatic carbocycles. The maximum Gasteiger partial charge on any atom is 0.316 e. The molecule has 4 N–H and O–H groups in total. The predicted molar refractivity (Wildman–Crippen MR) is 125 cm³/mol. The van der Waals surface area contributed by atoms with E-state index in [9.17, 15) is 9.90 Å². The average molecular weight is 432 g/mol. The van der Waals surface area contributed by atoms with E-state index in [1.807, 2.05) is 61.6 Å². The molecule has 6 heteroatoms. The highest BCUT2D eigenvalue weighted by atomic mass is 16.5. The van der Waals surface area contributed by atoms with E-state index in [0.717, 1.165) is 29.7 Å². The molecule has 2 amide bonds. The summed E-state index contributed by atoms with van der Waals surface area (Å²) < 4.78 is 6.02. The summed E-state index contributed by atoms with van der Waals surface area (Å²) >= 11 is 0.